The highest BCUT2D eigenvalue weighted by Gasteiger charge is 2.13. The summed E-state index contributed by atoms with van der Waals surface area (Å²) in [6, 6.07) is 19.5. The Hall–Kier alpha value is -2.30. The zero-order chi connectivity index (χ0) is 19.9. The van der Waals surface area contributed by atoms with E-state index in [-0.39, 0.29) is 0 Å². The van der Waals surface area contributed by atoms with Gasteiger partial charge in [0, 0.05) is 16.8 Å². The van der Waals surface area contributed by atoms with Crippen molar-refractivity contribution in [3.63, 3.8) is 0 Å². The first-order valence-corrected chi connectivity index (χ1v) is 10.2. The predicted octanol–water partition coefficient (Wildman–Crippen LogP) is 7.14. The third kappa shape index (κ3) is 5.15. The molecule has 28 heavy (non-hydrogen) atoms. The number of para-hydroxylation sites is 1. The Labute approximate surface area is 179 Å². The molecule has 3 nitrogen and oxygen atoms in total. The Morgan fingerprint density at radius 1 is 1.04 bits per heavy atom. The number of halogens is 2. The minimum absolute atomic E-state index is 0.356. The average Bonchev–Trinajstić information content (AvgIpc) is 2.68. The van der Waals surface area contributed by atoms with Crippen LogP contribution in [0, 0.1) is 6.92 Å². The molecular formula is C23H21BrClNO2. The Kier molecular flexibility index (Phi) is 7.12. The molecule has 144 valence electrons. The molecule has 0 aromatic heterocycles. The first-order chi connectivity index (χ1) is 13.6. The summed E-state index contributed by atoms with van der Waals surface area (Å²) in [5.41, 5.74) is 3.91. The van der Waals surface area contributed by atoms with Gasteiger partial charge in [-0.05, 0) is 65.2 Å². The van der Waals surface area contributed by atoms with Crippen molar-refractivity contribution < 1.29 is 9.47 Å². The molecule has 0 fully saturated rings. The first kappa shape index (κ1) is 20.4. The molecule has 3 rings (SSSR count). The summed E-state index contributed by atoms with van der Waals surface area (Å²) in [7, 11) is 0. The number of ether oxygens (including phenoxy) is 2. The number of hydrogen-bond acceptors (Lipinski definition) is 3. The van der Waals surface area contributed by atoms with Crippen LogP contribution in [-0.2, 0) is 6.61 Å². The van der Waals surface area contributed by atoms with Crippen molar-refractivity contribution >= 4 is 39.4 Å². The molecule has 5 heteroatoms. The first-order valence-electron chi connectivity index (χ1n) is 9.00. The minimum atomic E-state index is 0.356. The fraction of sp³-hybridized carbons (Fsp3) is 0.174. The summed E-state index contributed by atoms with van der Waals surface area (Å²) in [5.74, 6) is 1.31. The van der Waals surface area contributed by atoms with Gasteiger partial charge >= 0.3 is 0 Å². The van der Waals surface area contributed by atoms with Crippen molar-refractivity contribution in [1.29, 1.82) is 0 Å². The summed E-state index contributed by atoms with van der Waals surface area (Å²) in [6.07, 6.45) is 1.83. The summed E-state index contributed by atoms with van der Waals surface area (Å²) < 4.78 is 12.6. The van der Waals surface area contributed by atoms with Crippen molar-refractivity contribution in [3.05, 3.63) is 86.8 Å². The van der Waals surface area contributed by atoms with Crippen LogP contribution in [0.25, 0.3) is 0 Å². The van der Waals surface area contributed by atoms with E-state index in [1.807, 2.05) is 80.7 Å². The van der Waals surface area contributed by atoms with E-state index in [2.05, 4.69) is 20.9 Å². The lowest BCUT2D eigenvalue weighted by atomic mass is 10.2. The van der Waals surface area contributed by atoms with Crippen LogP contribution in [0.15, 0.2) is 70.1 Å². The third-order valence-electron chi connectivity index (χ3n) is 4.13. The molecule has 0 radical (unpaired) electrons. The Bertz CT molecular complexity index is 988. The lowest BCUT2D eigenvalue weighted by molar-refractivity contribution is 0.267. The highest BCUT2D eigenvalue weighted by atomic mass is 79.9. The van der Waals surface area contributed by atoms with Gasteiger partial charge in [0.15, 0.2) is 11.5 Å². The fourth-order valence-electron chi connectivity index (χ4n) is 2.68. The number of aryl methyl sites for hydroxylation is 1. The van der Waals surface area contributed by atoms with Crippen LogP contribution in [0.3, 0.4) is 0 Å². The Morgan fingerprint density at radius 2 is 1.79 bits per heavy atom. The predicted molar refractivity (Wildman–Crippen MR) is 120 cm³/mol. The van der Waals surface area contributed by atoms with Gasteiger partial charge in [-0.25, -0.2) is 0 Å². The number of nitrogens with zero attached hydrogens (tertiary/aromatic N) is 1. The molecule has 0 saturated carbocycles. The van der Waals surface area contributed by atoms with E-state index in [4.69, 9.17) is 21.1 Å². The molecule has 3 aromatic rings. The van der Waals surface area contributed by atoms with E-state index >= 15 is 0 Å². The minimum Gasteiger partial charge on any atom is -0.490 e. The third-order valence-corrected chi connectivity index (χ3v) is 5.09. The van der Waals surface area contributed by atoms with E-state index in [1.54, 1.807) is 0 Å². The lowest BCUT2D eigenvalue weighted by Gasteiger charge is -2.15. The van der Waals surface area contributed by atoms with Crippen molar-refractivity contribution in [3.8, 4) is 11.5 Å². The van der Waals surface area contributed by atoms with Crippen LogP contribution in [-0.4, -0.2) is 12.8 Å². The van der Waals surface area contributed by atoms with Crippen molar-refractivity contribution in [1.82, 2.24) is 0 Å². The van der Waals surface area contributed by atoms with E-state index in [9.17, 15) is 0 Å². The molecule has 0 aliphatic heterocycles. The van der Waals surface area contributed by atoms with Gasteiger partial charge in [-0.15, -0.1) is 0 Å². The summed E-state index contributed by atoms with van der Waals surface area (Å²) in [4.78, 5) is 4.59. The van der Waals surface area contributed by atoms with Gasteiger partial charge in [0.25, 0.3) is 0 Å². The second-order valence-electron chi connectivity index (χ2n) is 6.19. The maximum Gasteiger partial charge on any atom is 0.175 e. The van der Waals surface area contributed by atoms with Gasteiger partial charge in [0.05, 0.1) is 16.8 Å². The summed E-state index contributed by atoms with van der Waals surface area (Å²) >= 11 is 9.83. The largest absolute Gasteiger partial charge is 0.490 e. The monoisotopic (exact) mass is 457 g/mol. The number of rotatable bonds is 7. The van der Waals surface area contributed by atoms with Crippen LogP contribution >= 0.6 is 27.5 Å². The second-order valence-corrected chi connectivity index (χ2v) is 7.45. The molecule has 0 spiro atoms. The normalized spacial score (nSPS) is 11.0. The van der Waals surface area contributed by atoms with Crippen molar-refractivity contribution in [2.24, 2.45) is 4.99 Å². The average molecular weight is 459 g/mol. The highest BCUT2D eigenvalue weighted by Crippen LogP contribution is 2.37. The zero-order valence-corrected chi connectivity index (χ0v) is 18.1. The fourth-order valence-corrected chi connectivity index (χ4v) is 3.45. The van der Waals surface area contributed by atoms with E-state index in [1.165, 1.54) is 0 Å². The van der Waals surface area contributed by atoms with Crippen LogP contribution < -0.4 is 9.47 Å². The summed E-state index contributed by atoms with van der Waals surface area (Å²) in [6.45, 7) is 4.88. The number of benzene rings is 3. The zero-order valence-electron chi connectivity index (χ0n) is 15.8. The molecule has 0 bridgehead atoms. The molecular weight excluding hydrogens is 438 g/mol. The maximum atomic E-state index is 6.23. The quantitative estimate of drug-likeness (QED) is 0.352. The van der Waals surface area contributed by atoms with E-state index in [0.717, 1.165) is 26.9 Å². The Morgan fingerprint density at radius 3 is 2.54 bits per heavy atom. The van der Waals surface area contributed by atoms with Crippen molar-refractivity contribution in [2.75, 3.05) is 6.61 Å². The smallest absolute Gasteiger partial charge is 0.175 e. The van der Waals surface area contributed by atoms with E-state index < -0.39 is 0 Å². The number of hydrogen-bond donors (Lipinski definition) is 0. The molecule has 0 atom stereocenters. The van der Waals surface area contributed by atoms with Gasteiger partial charge in [-0.1, -0.05) is 48.0 Å². The van der Waals surface area contributed by atoms with Crippen LogP contribution in [0.2, 0.25) is 5.02 Å². The van der Waals surface area contributed by atoms with Gasteiger partial charge in [0.1, 0.15) is 6.61 Å². The van der Waals surface area contributed by atoms with E-state index in [0.29, 0.717) is 29.7 Å². The molecule has 0 heterocycles. The van der Waals surface area contributed by atoms with Crippen LogP contribution in [0.4, 0.5) is 5.69 Å². The molecule has 0 amide bonds. The molecule has 0 aliphatic carbocycles. The molecule has 3 aromatic carbocycles. The lowest BCUT2D eigenvalue weighted by Crippen LogP contribution is -2.02. The molecule has 0 N–H and O–H groups in total. The molecule has 0 saturated heterocycles. The van der Waals surface area contributed by atoms with Gasteiger partial charge < -0.3 is 9.47 Å². The summed E-state index contributed by atoms with van der Waals surface area (Å²) in [5, 5.41) is 0.679. The SMILES string of the molecule is CCOc1cc(C=Nc2ccccc2C)cc(Br)c1OCc1ccccc1Cl. The molecule has 0 unspecified atom stereocenters. The van der Waals surface area contributed by atoms with Crippen molar-refractivity contribution in [2.45, 2.75) is 20.5 Å². The van der Waals surface area contributed by atoms with Crippen LogP contribution in [0.5, 0.6) is 11.5 Å². The van der Waals surface area contributed by atoms with Gasteiger partial charge in [-0.3, -0.25) is 4.99 Å². The maximum absolute atomic E-state index is 6.23. The van der Waals surface area contributed by atoms with Gasteiger partial charge in [0.2, 0.25) is 0 Å². The highest BCUT2D eigenvalue weighted by molar-refractivity contribution is 9.10. The van der Waals surface area contributed by atoms with Crippen LogP contribution in [0.1, 0.15) is 23.6 Å². The second kappa shape index (κ2) is 9.76. The topological polar surface area (TPSA) is 30.8 Å². The number of aliphatic imine (C=N–C) groups is 1. The molecule has 0 aliphatic rings. The standard InChI is InChI=1S/C23H21BrClNO2/c1-3-27-22-13-17(14-26-21-11-7-4-8-16(21)2)12-19(24)23(22)28-15-18-9-5-6-10-20(18)25/h4-14H,3,15H2,1-2H3. The van der Waals surface area contributed by atoms with Gasteiger partial charge in [-0.2, -0.15) is 0 Å². The Balaban J connectivity index is 1.85.